The fraction of sp³-hybridized carbons (Fsp3) is 0.259. The number of anilines is 2. The number of amides is 2. The lowest BCUT2D eigenvalue weighted by Gasteiger charge is -2.32. The first-order valence-electron chi connectivity index (χ1n) is 12.1. The van der Waals surface area contributed by atoms with Crippen molar-refractivity contribution in [3.05, 3.63) is 83.9 Å². The van der Waals surface area contributed by atoms with Crippen LogP contribution in [0.25, 0.3) is 0 Å². The van der Waals surface area contributed by atoms with Gasteiger partial charge in [0.15, 0.2) is 0 Å². The van der Waals surface area contributed by atoms with Gasteiger partial charge in [-0.1, -0.05) is 12.1 Å². The van der Waals surface area contributed by atoms with E-state index in [-0.39, 0.29) is 17.6 Å². The third-order valence-corrected chi connectivity index (χ3v) is 6.64. The van der Waals surface area contributed by atoms with Gasteiger partial charge in [-0.05, 0) is 79.1 Å². The van der Waals surface area contributed by atoms with Gasteiger partial charge in [-0.15, -0.1) is 0 Å². The lowest BCUT2D eigenvalue weighted by Crippen LogP contribution is -2.45. The molecule has 1 fully saturated rings. The molecule has 200 valence electrons. The summed E-state index contributed by atoms with van der Waals surface area (Å²) >= 11 is 0. The summed E-state index contributed by atoms with van der Waals surface area (Å²) in [6, 6.07) is 20.3. The Kier molecular flexibility index (Phi) is 8.49. The Bertz CT molecular complexity index is 1350. The van der Waals surface area contributed by atoms with Crippen LogP contribution in [0.2, 0.25) is 0 Å². The van der Waals surface area contributed by atoms with Crippen molar-refractivity contribution >= 4 is 33.4 Å². The summed E-state index contributed by atoms with van der Waals surface area (Å²) in [7, 11) is -3.32. The average Bonchev–Trinajstić information content (AvgIpc) is 2.87. The second-order valence-corrected chi connectivity index (χ2v) is 10.9. The smallest absolute Gasteiger partial charge is 0.335 e. The van der Waals surface area contributed by atoms with Gasteiger partial charge in [0.1, 0.15) is 11.5 Å². The van der Waals surface area contributed by atoms with Gasteiger partial charge in [-0.25, -0.2) is 18.0 Å². The van der Waals surface area contributed by atoms with Crippen LogP contribution in [0.1, 0.15) is 28.8 Å². The minimum absolute atomic E-state index is 0.0688. The van der Waals surface area contributed by atoms with E-state index in [4.69, 9.17) is 9.84 Å². The summed E-state index contributed by atoms with van der Waals surface area (Å²) in [6.45, 7) is 2.50. The molecular formula is C27H30N4O6S. The molecule has 4 N–H and O–H groups in total. The summed E-state index contributed by atoms with van der Waals surface area (Å²) in [5.41, 5.74) is 2.33. The number of urea groups is 1. The van der Waals surface area contributed by atoms with Gasteiger partial charge in [-0.2, -0.15) is 0 Å². The first kappa shape index (κ1) is 27.0. The van der Waals surface area contributed by atoms with Gasteiger partial charge in [0.05, 0.1) is 11.8 Å². The van der Waals surface area contributed by atoms with Gasteiger partial charge >= 0.3 is 12.0 Å². The highest BCUT2D eigenvalue weighted by Crippen LogP contribution is 2.24. The molecule has 0 unspecified atom stereocenters. The van der Waals surface area contributed by atoms with E-state index in [0.29, 0.717) is 22.9 Å². The minimum Gasteiger partial charge on any atom is -0.478 e. The number of carboxylic acid groups (broad SMARTS) is 1. The molecule has 1 aliphatic rings. The zero-order valence-corrected chi connectivity index (χ0v) is 21.7. The second-order valence-electron chi connectivity index (χ2n) is 9.18. The van der Waals surface area contributed by atoms with Crippen molar-refractivity contribution < 1.29 is 27.9 Å². The third-order valence-electron chi connectivity index (χ3n) is 6.04. The predicted molar refractivity (Wildman–Crippen MR) is 145 cm³/mol. The number of nitrogens with one attached hydrogen (secondary N) is 3. The quantitative estimate of drug-likeness (QED) is 0.318. The number of rotatable bonds is 9. The van der Waals surface area contributed by atoms with Crippen molar-refractivity contribution in [1.29, 1.82) is 0 Å². The monoisotopic (exact) mass is 538 g/mol. The highest BCUT2D eigenvalue weighted by Gasteiger charge is 2.21. The van der Waals surface area contributed by atoms with Crippen molar-refractivity contribution in [2.75, 3.05) is 29.4 Å². The first-order valence-corrected chi connectivity index (χ1v) is 14.0. The van der Waals surface area contributed by atoms with Crippen LogP contribution in [0.3, 0.4) is 0 Å². The van der Waals surface area contributed by atoms with Crippen LogP contribution in [0.5, 0.6) is 11.5 Å². The molecule has 11 heteroatoms. The number of nitrogens with zero attached hydrogens (tertiary/aromatic N) is 1. The van der Waals surface area contributed by atoms with E-state index in [1.54, 1.807) is 36.4 Å². The van der Waals surface area contributed by atoms with E-state index in [2.05, 4.69) is 20.3 Å². The number of likely N-dealkylation sites (tertiary alicyclic amines) is 1. The van der Waals surface area contributed by atoms with Crippen LogP contribution < -0.4 is 20.1 Å². The van der Waals surface area contributed by atoms with Gasteiger partial charge in [0, 0.05) is 37.1 Å². The number of hydrogen-bond donors (Lipinski definition) is 4. The zero-order valence-electron chi connectivity index (χ0n) is 20.9. The zero-order chi connectivity index (χ0) is 27.1. The van der Waals surface area contributed by atoms with E-state index in [9.17, 15) is 18.0 Å². The average molecular weight is 539 g/mol. The Morgan fingerprint density at radius 2 is 1.45 bits per heavy atom. The molecule has 0 radical (unpaired) electrons. The number of carbonyl (C=O) groups is 2. The van der Waals surface area contributed by atoms with Crippen molar-refractivity contribution in [3.63, 3.8) is 0 Å². The third kappa shape index (κ3) is 8.22. The Morgan fingerprint density at radius 1 is 0.895 bits per heavy atom. The maximum absolute atomic E-state index is 12.3. The number of piperidine rings is 1. The molecule has 2 amide bonds. The molecule has 38 heavy (non-hydrogen) atoms. The largest absolute Gasteiger partial charge is 0.478 e. The van der Waals surface area contributed by atoms with E-state index in [1.165, 1.54) is 12.1 Å². The highest BCUT2D eigenvalue weighted by atomic mass is 32.2. The molecule has 0 bridgehead atoms. The number of benzene rings is 3. The number of carboxylic acids is 1. The Morgan fingerprint density at radius 3 is 2.00 bits per heavy atom. The van der Waals surface area contributed by atoms with Crippen LogP contribution in [-0.2, 0) is 16.6 Å². The number of aromatic carboxylic acids is 1. The number of carbonyl (C=O) groups excluding carboxylic acids is 1. The molecule has 0 aromatic heterocycles. The molecule has 0 aliphatic carbocycles. The molecule has 1 aliphatic heterocycles. The van der Waals surface area contributed by atoms with E-state index >= 15 is 0 Å². The van der Waals surface area contributed by atoms with E-state index in [1.807, 2.05) is 24.3 Å². The van der Waals surface area contributed by atoms with E-state index in [0.717, 1.165) is 44.3 Å². The van der Waals surface area contributed by atoms with Gasteiger partial charge in [0.2, 0.25) is 10.0 Å². The van der Waals surface area contributed by atoms with Gasteiger partial charge < -0.3 is 20.5 Å². The van der Waals surface area contributed by atoms with Crippen LogP contribution in [0, 0.1) is 0 Å². The number of sulfonamides is 1. The maximum atomic E-state index is 12.3. The van der Waals surface area contributed by atoms with Crippen LogP contribution in [0.15, 0.2) is 72.8 Å². The predicted octanol–water partition coefficient (Wildman–Crippen LogP) is 4.33. The second kappa shape index (κ2) is 12.0. The standard InChI is InChI=1S/C27H30N4O6S/c1-38(35,36)30-23-8-12-25(13-9-23)37-24-10-2-19(3-11-24)18-31-16-14-22(15-17-31)29-27(34)28-21-6-4-20(5-7-21)26(32)33/h2-13,22,30H,14-18H2,1H3,(H,32,33)(H2,28,29,34). The Labute approximate surface area is 221 Å². The summed E-state index contributed by atoms with van der Waals surface area (Å²) in [6.07, 6.45) is 2.76. The first-order chi connectivity index (χ1) is 18.1. The van der Waals surface area contributed by atoms with Crippen LogP contribution in [-0.4, -0.2) is 55.8 Å². The van der Waals surface area contributed by atoms with E-state index < -0.39 is 16.0 Å². The van der Waals surface area contributed by atoms with Crippen molar-refractivity contribution in [2.45, 2.75) is 25.4 Å². The molecule has 0 atom stereocenters. The number of ether oxygens (including phenoxy) is 1. The lowest BCUT2D eigenvalue weighted by molar-refractivity contribution is 0.0697. The molecule has 10 nitrogen and oxygen atoms in total. The summed E-state index contributed by atoms with van der Waals surface area (Å²) in [5, 5.41) is 14.7. The highest BCUT2D eigenvalue weighted by molar-refractivity contribution is 7.92. The SMILES string of the molecule is CS(=O)(=O)Nc1ccc(Oc2ccc(CN3CCC(NC(=O)Nc4ccc(C(=O)O)cc4)CC3)cc2)cc1. The number of hydrogen-bond acceptors (Lipinski definition) is 6. The fourth-order valence-electron chi connectivity index (χ4n) is 4.15. The molecule has 0 spiro atoms. The summed E-state index contributed by atoms with van der Waals surface area (Å²) in [4.78, 5) is 25.6. The van der Waals surface area contributed by atoms with Crippen LogP contribution in [0.4, 0.5) is 16.2 Å². The summed E-state index contributed by atoms with van der Waals surface area (Å²) < 4.78 is 30.9. The Hall–Kier alpha value is -4.09. The summed E-state index contributed by atoms with van der Waals surface area (Å²) in [5.74, 6) is 0.280. The molecule has 0 saturated carbocycles. The molecule has 4 rings (SSSR count). The molecule has 3 aromatic carbocycles. The van der Waals surface area contributed by atoms with Gasteiger partial charge in [0.25, 0.3) is 0 Å². The Balaban J connectivity index is 1.19. The molecule has 1 heterocycles. The van der Waals surface area contributed by atoms with Crippen molar-refractivity contribution in [2.24, 2.45) is 0 Å². The van der Waals surface area contributed by atoms with Gasteiger partial charge in [-0.3, -0.25) is 9.62 Å². The molecule has 1 saturated heterocycles. The lowest BCUT2D eigenvalue weighted by atomic mass is 10.0. The molecular weight excluding hydrogens is 508 g/mol. The fourth-order valence-corrected chi connectivity index (χ4v) is 4.71. The maximum Gasteiger partial charge on any atom is 0.335 e. The normalized spacial score (nSPS) is 14.4. The topological polar surface area (TPSA) is 137 Å². The van der Waals surface area contributed by atoms with Crippen molar-refractivity contribution in [3.8, 4) is 11.5 Å². The minimum atomic E-state index is -3.32. The van der Waals surface area contributed by atoms with Crippen LogP contribution >= 0.6 is 0 Å². The van der Waals surface area contributed by atoms with Crippen molar-refractivity contribution in [1.82, 2.24) is 10.2 Å². The molecule has 3 aromatic rings.